The first-order chi connectivity index (χ1) is 12.7. The first-order valence-corrected chi connectivity index (χ1v) is 8.48. The summed E-state index contributed by atoms with van der Waals surface area (Å²) in [4.78, 5) is 48.9. The van der Waals surface area contributed by atoms with Gasteiger partial charge in [0.25, 0.3) is 5.91 Å². The third-order valence-corrected chi connectivity index (χ3v) is 4.49. The molecule has 2 rings (SSSR count). The Labute approximate surface area is 160 Å². The molecule has 2 atom stereocenters. The van der Waals surface area contributed by atoms with E-state index >= 15 is 0 Å². The van der Waals surface area contributed by atoms with Gasteiger partial charge in [-0.15, -0.1) is 0 Å². The summed E-state index contributed by atoms with van der Waals surface area (Å²) in [6.07, 6.45) is -1.42. The molecular weight excluding hydrogens is 378 g/mol. The number of hydrazine groups is 1. The number of primary amides is 1. The predicted octanol–water partition coefficient (Wildman–Crippen LogP) is 1.20. The van der Waals surface area contributed by atoms with Crippen molar-refractivity contribution < 1.29 is 28.7 Å². The lowest BCUT2D eigenvalue weighted by atomic mass is 10.1. The van der Waals surface area contributed by atoms with Gasteiger partial charge in [0.15, 0.2) is 5.41 Å². The largest absolute Gasteiger partial charge is 0.465 e. The number of amides is 2. The summed E-state index contributed by atoms with van der Waals surface area (Å²) < 4.78 is 9.40. The Hall–Kier alpha value is -2.65. The van der Waals surface area contributed by atoms with Crippen LogP contribution in [0.1, 0.15) is 23.7 Å². The van der Waals surface area contributed by atoms with Crippen LogP contribution in [0.4, 0.5) is 4.79 Å². The molecule has 0 aliphatic heterocycles. The van der Waals surface area contributed by atoms with E-state index in [9.17, 15) is 19.2 Å². The zero-order chi connectivity index (χ0) is 20.4. The molecule has 1 saturated carbocycles. The van der Waals surface area contributed by atoms with Gasteiger partial charge in [0.05, 0.1) is 23.2 Å². The zero-order valence-electron chi connectivity index (χ0n) is 15.1. The fourth-order valence-electron chi connectivity index (χ4n) is 2.87. The SMILES string of the molecule is CCOC(=O)C1(C(=O)OC(N)=O)CC1N(C(=O)c1ccccc1Cl)N(C)C. The summed E-state index contributed by atoms with van der Waals surface area (Å²) in [5.74, 6) is -2.56. The molecule has 1 aliphatic rings. The zero-order valence-corrected chi connectivity index (χ0v) is 15.9. The average molecular weight is 398 g/mol. The van der Waals surface area contributed by atoms with Crippen LogP contribution >= 0.6 is 11.6 Å². The van der Waals surface area contributed by atoms with Crippen molar-refractivity contribution in [2.24, 2.45) is 11.1 Å². The highest BCUT2D eigenvalue weighted by Gasteiger charge is 2.72. The predicted molar refractivity (Wildman–Crippen MR) is 94.5 cm³/mol. The highest BCUT2D eigenvalue weighted by atomic mass is 35.5. The molecule has 146 valence electrons. The van der Waals surface area contributed by atoms with Crippen LogP contribution in [0.3, 0.4) is 0 Å². The molecule has 2 N–H and O–H groups in total. The quantitative estimate of drug-likeness (QED) is 0.435. The van der Waals surface area contributed by atoms with E-state index in [1.165, 1.54) is 16.1 Å². The maximum absolute atomic E-state index is 13.0. The van der Waals surface area contributed by atoms with Crippen molar-refractivity contribution in [2.45, 2.75) is 19.4 Å². The summed E-state index contributed by atoms with van der Waals surface area (Å²) in [5.41, 5.74) is 3.27. The summed E-state index contributed by atoms with van der Waals surface area (Å²) in [6.45, 7) is 1.58. The Morgan fingerprint density at radius 1 is 1.22 bits per heavy atom. The van der Waals surface area contributed by atoms with Gasteiger partial charge in [0, 0.05) is 20.5 Å². The number of hydrogen-bond acceptors (Lipinski definition) is 7. The Kier molecular flexibility index (Phi) is 6.07. The van der Waals surface area contributed by atoms with Gasteiger partial charge in [0.2, 0.25) is 0 Å². The van der Waals surface area contributed by atoms with E-state index in [0.717, 1.165) is 0 Å². The number of benzene rings is 1. The van der Waals surface area contributed by atoms with Crippen LogP contribution in [0.15, 0.2) is 24.3 Å². The molecule has 27 heavy (non-hydrogen) atoms. The molecule has 0 bridgehead atoms. The maximum atomic E-state index is 13.0. The summed E-state index contributed by atoms with van der Waals surface area (Å²) in [6, 6.07) is 5.47. The second kappa shape index (κ2) is 7.93. The Bertz CT molecular complexity index is 784. The molecular formula is C17H20ClN3O6. The fraction of sp³-hybridized carbons (Fsp3) is 0.412. The van der Waals surface area contributed by atoms with Gasteiger partial charge >= 0.3 is 18.0 Å². The number of hydrogen-bond donors (Lipinski definition) is 1. The lowest BCUT2D eigenvalue weighted by molar-refractivity contribution is -0.162. The third-order valence-electron chi connectivity index (χ3n) is 4.16. The molecule has 2 amide bonds. The third kappa shape index (κ3) is 3.88. The first kappa shape index (κ1) is 20.7. The van der Waals surface area contributed by atoms with Crippen LogP contribution in [-0.4, -0.2) is 60.7 Å². The lowest BCUT2D eigenvalue weighted by Crippen LogP contribution is -2.49. The van der Waals surface area contributed by atoms with Crippen LogP contribution in [-0.2, 0) is 19.1 Å². The summed E-state index contributed by atoms with van der Waals surface area (Å²) in [7, 11) is 3.14. The van der Waals surface area contributed by atoms with Gasteiger partial charge in [-0.05, 0) is 19.1 Å². The second-order valence-corrected chi connectivity index (χ2v) is 6.50. The van der Waals surface area contributed by atoms with Gasteiger partial charge < -0.3 is 15.2 Å². The Morgan fingerprint density at radius 3 is 2.37 bits per heavy atom. The normalized spacial score (nSPS) is 20.7. The molecule has 9 nitrogen and oxygen atoms in total. The molecule has 2 unspecified atom stereocenters. The number of rotatable bonds is 6. The highest BCUT2D eigenvalue weighted by molar-refractivity contribution is 6.33. The van der Waals surface area contributed by atoms with Crippen molar-refractivity contribution in [1.82, 2.24) is 10.0 Å². The van der Waals surface area contributed by atoms with Gasteiger partial charge in [-0.3, -0.25) is 19.4 Å². The molecule has 10 heteroatoms. The Balaban J connectivity index is 2.40. The lowest BCUT2D eigenvalue weighted by Gasteiger charge is -2.31. The average Bonchev–Trinajstić information content (AvgIpc) is 3.31. The molecule has 0 spiro atoms. The highest BCUT2D eigenvalue weighted by Crippen LogP contribution is 2.52. The number of carbonyl (C=O) groups is 4. The van der Waals surface area contributed by atoms with E-state index in [4.69, 9.17) is 22.1 Å². The molecule has 1 aromatic rings. The first-order valence-electron chi connectivity index (χ1n) is 8.11. The van der Waals surface area contributed by atoms with Crippen LogP contribution in [0.5, 0.6) is 0 Å². The van der Waals surface area contributed by atoms with E-state index in [0.29, 0.717) is 0 Å². The van der Waals surface area contributed by atoms with Gasteiger partial charge in [-0.1, -0.05) is 23.7 Å². The smallest absolute Gasteiger partial charge is 0.412 e. The van der Waals surface area contributed by atoms with E-state index in [2.05, 4.69) is 4.74 Å². The van der Waals surface area contributed by atoms with Gasteiger partial charge in [0.1, 0.15) is 0 Å². The van der Waals surface area contributed by atoms with Crippen molar-refractivity contribution in [3.63, 3.8) is 0 Å². The number of carbonyl (C=O) groups excluding carboxylic acids is 4. The fourth-order valence-corrected chi connectivity index (χ4v) is 3.08. The minimum atomic E-state index is -1.83. The monoisotopic (exact) mass is 397 g/mol. The number of halogens is 1. The van der Waals surface area contributed by atoms with Crippen molar-refractivity contribution in [3.05, 3.63) is 34.9 Å². The minimum Gasteiger partial charge on any atom is -0.465 e. The van der Waals surface area contributed by atoms with Crippen molar-refractivity contribution in [1.29, 1.82) is 0 Å². The number of nitrogens with zero attached hydrogens (tertiary/aromatic N) is 2. The van der Waals surface area contributed by atoms with Gasteiger partial charge in [-0.25, -0.2) is 9.80 Å². The summed E-state index contributed by atoms with van der Waals surface area (Å²) >= 11 is 6.10. The molecule has 1 aliphatic carbocycles. The van der Waals surface area contributed by atoms with E-state index in [-0.39, 0.29) is 23.6 Å². The van der Waals surface area contributed by atoms with E-state index < -0.39 is 35.4 Å². The standard InChI is InChI=1S/C17H20ClN3O6/c1-4-26-14(23)17(15(24)27-16(19)25)9-12(17)21(20(2)3)13(22)10-7-5-6-8-11(10)18/h5-8,12H,4,9H2,1-3H3,(H2,19,25). The molecule has 1 aromatic carbocycles. The van der Waals surface area contributed by atoms with Crippen molar-refractivity contribution in [2.75, 3.05) is 20.7 Å². The molecule has 1 fully saturated rings. The number of esters is 2. The van der Waals surface area contributed by atoms with Gasteiger partial charge in [-0.2, -0.15) is 0 Å². The summed E-state index contributed by atoms with van der Waals surface area (Å²) in [5, 5.41) is 2.85. The topological polar surface area (TPSA) is 119 Å². The number of nitrogens with two attached hydrogens (primary N) is 1. The minimum absolute atomic E-state index is 0.0115. The molecule has 0 heterocycles. The molecule has 0 saturated heterocycles. The van der Waals surface area contributed by atoms with Crippen LogP contribution < -0.4 is 5.73 Å². The van der Waals surface area contributed by atoms with E-state index in [1.807, 2.05) is 0 Å². The van der Waals surface area contributed by atoms with Crippen molar-refractivity contribution in [3.8, 4) is 0 Å². The second-order valence-electron chi connectivity index (χ2n) is 6.10. The van der Waals surface area contributed by atoms with Crippen LogP contribution in [0.25, 0.3) is 0 Å². The Morgan fingerprint density at radius 2 is 1.85 bits per heavy atom. The van der Waals surface area contributed by atoms with E-state index in [1.54, 1.807) is 39.2 Å². The molecule has 0 radical (unpaired) electrons. The van der Waals surface area contributed by atoms with Crippen LogP contribution in [0, 0.1) is 5.41 Å². The van der Waals surface area contributed by atoms with Crippen molar-refractivity contribution >= 4 is 35.5 Å². The number of ether oxygens (including phenoxy) is 2. The maximum Gasteiger partial charge on any atom is 0.412 e. The molecule has 0 aromatic heterocycles. The van der Waals surface area contributed by atoms with Crippen LogP contribution in [0.2, 0.25) is 5.02 Å².